The third kappa shape index (κ3) is 3.65. The molecule has 4 rings (SSSR count). The van der Waals surface area contributed by atoms with Crippen LogP contribution < -0.4 is 0 Å². The Bertz CT molecular complexity index is 892. The highest BCUT2D eigenvalue weighted by Gasteiger charge is 2.29. The molecule has 1 atom stereocenters. The molecular weight excluding hydrogens is 350 g/mol. The molecule has 0 spiro atoms. The van der Waals surface area contributed by atoms with E-state index in [2.05, 4.69) is 20.1 Å². The summed E-state index contributed by atoms with van der Waals surface area (Å²) in [7, 11) is 0. The van der Waals surface area contributed by atoms with Crippen LogP contribution in [0.4, 0.5) is 0 Å². The van der Waals surface area contributed by atoms with Crippen molar-refractivity contribution in [3.05, 3.63) is 46.5 Å². The van der Waals surface area contributed by atoms with Crippen molar-refractivity contribution in [2.75, 3.05) is 13.1 Å². The fourth-order valence-corrected chi connectivity index (χ4v) is 3.79. The summed E-state index contributed by atoms with van der Waals surface area (Å²) in [4.78, 5) is 27.5. The van der Waals surface area contributed by atoms with Crippen LogP contribution in [0.5, 0.6) is 0 Å². The Morgan fingerprint density at radius 3 is 3.12 bits per heavy atom. The molecule has 0 radical (unpaired) electrons. The number of hydrogen-bond donors (Lipinski definition) is 0. The predicted molar refractivity (Wildman–Crippen MR) is 96.6 cm³/mol. The van der Waals surface area contributed by atoms with Crippen molar-refractivity contribution in [2.24, 2.45) is 0 Å². The fourth-order valence-electron chi connectivity index (χ4n) is 3.17. The van der Waals surface area contributed by atoms with Crippen molar-refractivity contribution >= 4 is 17.2 Å². The number of hydrogen-bond acceptors (Lipinski definition) is 7. The topological polar surface area (TPSA) is 85.0 Å². The molecule has 3 aromatic heterocycles. The number of pyridine rings is 1. The number of rotatable bonds is 4. The summed E-state index contributed by atoms with van der Waals surface area (Å²) >= 11 is 1.57. The van der Waals surface area contributed by atoms with Gasteiger partial charge in [0.15, 0.2) is 0 Å². The van der Waals surface area contributed by atoms with Crippen LogP contribution in [0.15, 0.2) is 34.4 Å². The minimum Gasteiger partial charge on any atom is -0.342 e. The number of nitrogens with zero attached hydrogens (tertiary/aromatic N) is 5. The number of aryl methyl sites for hydroxylation is 1. The predicted octanol–water partition coefficient (Wildman–Crippen LogP) is 2.85. The number of likely N-dealkylation sites (tertiary alicyclic amines) is 1. The van der Waals surface area contributed by atoms with Gasteiger partial charge in [0.05, 0.1) is 23.0 Å². The third-order valence-electron chi connectivity index (χ3n) is 4.48. The van der Waals surface area contributed by atoms with E-state index in [4.69, 9.17) is 4.52 Å². The van der Waals surface area contributed by atoms with E-state index in [0.717, 1.165) is 35.7 Å². The van der Waals surface area contributed by atoms with Crippen molar-refractivity contribution in [1.82, 2.24) is 25.0 Å². The van der Waals surface area contributed by atoms with Crippen LogP contribution in [-0.4, -0.2) is 44.0 Å². The zero-order chi connectivity index (χ0) is 17.9. The number of thiazole rings is 1. The standard InChI is InChI=1S/C18H19N5O2S/c1-12-20-15(11-26-12)8-16(24)23-7-3-5-14(10-23)18-21-17(22-25-18)13-4-2-6-19-9-13/h2,4,6,9,11,14H,3,5,7-8,10H2,1H3/t14-/m0/s1. The summed E-state index contributed by atoms with van der Waals surface area (Å²) in [5.74, 6) is 1.30. The van der Waals surface area contributed by atoms with Crippen LogP contribution in [0.2, 0.25) is 0 Å². The lowest BCUT2D eigenvalue weighted by atomic mass is 9.97. The Balaban J connectivity index is 1.43. The molecule has 1 fully saturated rings. The van der Waals surface area contributed by atoms with Crippen LogP contribution in [0, 0.1) is 6.92 Å². The Morgan fingerprint density at radius 2 is 2.35 bits per heavy atom. The average Bonchev–Trinajstić information content (AvgIpc) is 3.32. The molecule has 8 heteroatoms. The lowest BCUT2D eigenvalue weighted by Gasteiger charge is -2.30. The molecular formula is C18H19N5O2S. The SMILES string of the molecule is Cc1nc(CC(=O)N2CCC[C@H](c3nc(-c4cccnc4)no3)C2)cs1. The Morgan fingerprint density at radius 1 is 1.42 bits per heavy atom. The molecule has 0 aliphatic carbocycles. The largest absolute Gasteiger partial charge is 0.342 e. The van der Waals surface area contributed by atoms with Crippen molar-refractivity contribution in [3.8, 4) is 11.4 Å². The summed E-state index contributed by atoms with van der Waals surface area (Å²) in [5.41, 5.74) is 1.67. The van der Waals surface area contributed by atoms with E-state index in [-0.39, 0.29) is 11.8 Å². The first-order valence-electron chi connectivity index (χ1n) is 8.62. The van der Waals surface area contributed by atoms with Gasteiger partial charge in [-0.25, -0.2) is 4.98 Å². The number of amides is 1. The Labute approximate surface area is 155 Å². The Hall–Kier alpha value is -2.61. The molecule has 3 aromatic rings. The molecule has 7 nitrogen and oxygen atoms in total. The van der Waals surface area contributed by atoms with Crippen LogP contribution in [-0.2, 0) is 11.2 Å². The van der Waals surface area contributed by atoms with Crippen molar-refractivity contribution in [3.63, 3.8) is 0 Å². The zero-order valence-corrected chi connectivity index (χ0v) is 15.3. The number of carbonyl (C=O) groups excluding carboxylic acids is 1. The highest BCUT2D eigenvalue weighted by atomic mass is 32.1. The van der Waals surface area contributed by atoms with E-state index in [1.165, 1.54) is 0 Å². The first-order valence-corrected chi connectivity index (χ1v) is 9.50. The van der Waals surface area contributed by atoms with E-state index in [9.17, 15) is 4.79 Å². The summed E-state index contributed by atoms with van der Waals surface area (Å²) in [6, 6.07) is 3.74. The zero-order valence-electron chi connectivity index (χ0n) is 14.5. The van der Waals surface area contributed by atoms with Gasteiger partial charge in [0.1, 0.15) is 0 Å². The summed E-state index contributed by atoms with van der Waals surface area (Å²) in [6.07, 6.45) is 5.63. The smallest absolute Gasteiger partial charge is 0.231 e. The first-order chi connectivity index (χ1) is 12.7. The summed E-state index contributed by atoms with van der Waals surface area (Å²) in [5, 5.41) is 7.00. The van der Waals surface area contributed by atoms with Gasteiger partial charge in [-0.1, -0.05) is 5.16 Å². The molecule has 0 unspecified atom stereocenters. The maximum atomic E-state index is 12.6. The summed E-state index contributed by atoms with van der Waals surface area (Å²) < 4.78 is 5.47. The average molecular weight is 369 g/mol. The second kappa shape index (κ2) is 7.33. The van der Waals surface area contributed by atoms with Crippen LogP contribution >= 0.6 is 11.3 Å². The van der Waals surface area contributed by atoms with E-state index < -0.39 is 0 Å². The van der Waals surface area contributed by atoms with Crippen molar-refractivity contribution in [2.45, 2.75) is 32.1 Å². The first kappa shape index (κ1) is 16.8. The maximum Gasteiger partial charge on any atom is 0.231 e. The van der Waals surface area contributed by atoms with Gasteiger partial charge in [-0.05, 0) is 31.9 Å². The quantitative estimate of drug-likeness (QED) is 0.703. The van der Waals surface area contributed by atoms with Gasteiger partial charge in [-0.2, -0.15) is 4.98 Å². The van der Waals surface area contributed by atoms with E-state index in [1.807, 2.05) is 29.3 Å². The molecule has 0 bridgehead atoms. The van der Waals surface area contributed by atoms with Crippen LogP contribution in [0.3, 0.4) is 0 Å². The lowest BCUT2D eigenvalue weighted by Crippen LogP contribution is -2.40. The maximum absolute atomic E-state index is 12.6. The van der Waals surface area contributed by atoms with Crippen molar-refractivity contribution < 1.29 is 9.32 Å². The minimum atomic E-state index is 0.0720. The van der Waals surface area contributed by atoms with Gasteiger partial charge >= 0.3 is 0 Å². The second-order valence-corrected chi connectivity index (χ2v) is 7.47. The van der Waals surface area contributed by atoms with Crippen LogP contribution in [0.25, 0.3) is 11.4 Å². The van der Waals surface area contributed by atoms with Crippen molar-refractivity contribution in [1.29, 1.82) is 0 Å². The van der Waals surface area contributed by atoms with Gasteiger partial charge in [0.25, 0.3) is 0 Å². The van der Waals surface area contributed by atoms with Gasteiger partial charge in [-0.15, -0.1) is 11.3 Å². The molecule has 0 saturated carbocycles. The van der Waals surface area contributed by atoms with E-state index in [0.29, 0.717) is 24.7 Å². The molecule has 0 N–H and O–H groups in total. The van der Waals surface area contributed by atoms with E-state index in [1.54, 1.807) is 23.7 Å². The van der Waals surface area contributed by atoms with Gasteiger partial charge in [-0.3, -0.25) is 9.78 Å². The molecule has 4 heterocycles. The van der Waals surface area contributed by atoms with E-state index >= 15 is 0 Å². The molecule has 0 aromatic carbocycles. The molecule has 134 valence electrons. The molecule has 26 heavy (non-hydrogen) atoms. The Kier molecular flexibility index (Phi) is 4.75. The number of carbonyl (C=O) groups is 1. The number of aromatic nitrogens is 4. The highest BCUT2D eigenvalue weighted by Crippen LogP contribution is 2.27. The number of piperidine rings is 1. The second-order valence-electron chi connectivity index (χ2n) is 6.41. The normalized spacial score (nSPS) is 17.4. The fraction of sp³-hybridized carbons (Fsp3) is 0.389. The summed E-state index contributed by atoms with van der Waals surface area (Å²) in [6.45, 7) is 3.32. The minimum absolute atomic E-state index is 0.0720. The van der Waals surface area contributed by atoms with Gasteiger partial charge in [0.2, 0.25) is 17.6 Å². The molecule has 1 aliphatic rings. The molecule has 1 amide bonds. The third-order valence-corrected chi connectivity index (χ3v) is 5.31. The van der Waals surface area contributed by atoms with Gasteiger partial charge < -0.3 is 9.42 Å². The monoisotopic (exact) mass is 369 g/mol. The molecule has 1 aliphatic heterocycles. The van der Waals surface area contributed by atoms with Crippen LogP contribution in [0.1, 0.15) is 35.4 Å². The lowest BCUT2D eigenvalue weighted by molar-refractivity contribution is -0.131. The van der Waals surface area contributed by atoms with Gasteiger partial charge in [0, 0.05) is 36.4 Å². The molecule has 1 saturated heterocycles. The highest BCUT2D eigenvalue weighted by molar-refractivity contribution is 7.09.